The van der Waals surface area contributed by atoms with E-state index < -0.39 is 11.6 Å². The molecule has 4 nitrogen and oxygen atoms in total. The molecule has 1 saturated heterocycles. The quantitative estimate of drug-likeness (QED) is 0.581. The summed E-state index contributed by atoms with van der Waals surface area (Å²) in [4.78, 5) is 14.6. The minimum absolute atomic E-state index is 0.0916. The Hall–Kier alpha value is -2.31. The van der Waals surface area contributed by atoms with Gasteiger partial charge in [0.05, 0.1) is 0 Å². The first-order chi connectivity index (χ1) is 14.1. The molecule has 2 aromatic carbocycles. The zero-order valence-corrected chi connectivity index (χ0v) is 16.7. The van der Waals surface area contributed by atoms with Crippen molar-refractivity contribution in [3.63, 3.8) is 0 Å². The van der Waals surface area contributed by atoms with E-state index in [0.29, 0.717) is 29.8 Å². The van der Waals surface area contributed by atoms with Gasteiger partial charge in [-0.15, -0.1) is 0 Å². The van der Waals surface area contributed by atoms with Gasteiger partial charge in [-0.25, -0.2) is 8.78 Å². The average molecular weight is 403 g/mol. The van der Waals surface area contributed by atoms with Gasteiger partial charge in [0.2, 0.25) is 0 Å². The number of halogens is 2. The van der Waals surface area contributed by atoms with Crippen molar-refractivity contribution in [1.29, 1.82) is 0 Å². The number of benzene rings is 2. The van der Waals surface area contributed by atoms with E-state index in [1.165, 1.54) is 6.07 Å². The number of hydrogen-bond acceptors (Lipinski definition) is 3. The Morgan fingerprint density at radius 1 is 1.14 bits per heavy atom. The summed E-state index contributed by atoms with van der Waals surface area (Å²) in [5.74, 6) is -1.99. The molecule has 0 aromatic heterocycles. The fourth-order valence-corrected chi connectivity index (χ4v) is 3.40. The molecule has 1 unspecified atom stereocenters. The molecule has 29 heavy (non-hydrogen) atoms. The van der Waals surface area contributed by atoms with Crippen molar-refractivity contribution in [2.45, 2.75) is 38.4 Å². The Kier molecular flexibility index (Phi) is 7.72. The first kappa shape index (κ1) is 21.4. The van der Waals surface area contributed by atoms with Gasteiger partial charge in [0.25, 0.3) is 5.91 Å². The summed E-state index contributed by atoms with van der Waals surface area (Å²) in [6.07, 6.45) is 4.73. The summed E-state index contributed by atoms with van der Waals surface area (Å²) >= 11 is 0. The number of hydrogen-bond donors (Lipinski definition) is 0. The Labute approximate surface area is 170 Å². The number of carbonyl (C=O) groups is 1. The zero-order valence-electron chi connectivity index (χ0n) is 16.7. The lowest BCUT2D eigenvalue weighted by atomic mass is 9.98. The predicted octanol–water partition coefficient (Wildman–Crippen LogP) is 5.03. The highest BCUT2D eigenvalue weighted by atomic mass is 19.2. The lowest BCUT2D eigenvalue weighted by Gasteiger charge is -2.23. The molecule has 1 aliphatic rings. The van der Waals surface area contributed by atoms with Gasteiger partial charge < -0.3 is 14.4 Å². The minimum atomic E-state index is -0.931. The van der Waals surface area contributed by atoms with Crippen LogP contribution in [0.4, 0.5) is 8.78 Å². The summed E-state index contributed by atoms with van der Waals surface area (Å²) in [6.45, 7) is 1.96. The lowest BCUT2D eigenvalue weighted by molar-refractivity contribution is -0.162. The second-order valence-electron chi connectivity index (χ2n) is 7.28. The summed E-state index contributed by atoms with van der Waals surface area (Å²) in [6, 6.07) is 10.7. The zero-order chi connectivity index (χ0) is 20.6. The van der Waals surface area contributed by atoms with Crippen molar-refractivity contribution in [2.75, 3.05) is 26.8 Å². The summed E-state index contributed by atoms with van der Waals surface area (Å²) in [5, 5.41) is 0. The van der Waals surface area contributed by atoms with Crippen LogP contribution < -0.4 is 0 Å². The number of rotatable bonds is 8. The van der Waals surface area contributed by atoms with E-state index in [2.05, 4.69) is 0 Å². The fraction of sp³-hybridized carbons (Fsp3) is 0.435. The van der Waals surface area contributed by atoms with Gasteiger partial charge in [-0.2, -0.15) is 0 Å². The largest absolute Gasteiger partial charge is 0.353 e. The SMILES string of the molecule is CN(CCCCOC1CCCCO1)C(=O)c1ccccc1-c1ccc(F)c(F)c1. The van der Waals surface area contributed by atoms with Crippen LogP contribution in [0.15, 0.2) is 42.5 Å². The molecule has 0 aliphatic carbocycles. The molecule has 0 saturated carbocycles. The van der Waals surface area contributed by atoms with Crippen LogP contribution in [0.25, 0.3) is 11.1 Å². The van der Waals surface area contributed by atoms with E-state index in [9.17, 15) is 13.6 Å². The van der Waals surface area contributed by atoms with Gasteiger partial charge in [-0.05, 0) is 61.4 Å². The summed E-state index contributed by atoms with van der Waals surface area (Å²) in [5.41, 5.74) is 1.52. The molecule has 0 N–H and O–H groups in total. The van der Waals surface area contributed by atoms with E-state index in [4.69, 9.17) is 9.47 Å². The molecule has 6 heteroatoms. The fourth-order valence-electron chi connectivity index (χ4n) is 3.40. The van der Waals surface area contributed by atoms with Crippen molar-refractivity contribution in [1.82, 2.24) is 4.90 Å². The normalized spacial score (nSPS) is 16.6. The number of nitrogens with zero attached hydrogens (tertiary/aromatic N) is 1. The van der Waals surface area contributed by atoms with Crippen molar-refractivity contribution < 1.29 is 23.0 Å². The molecule has 3 rings (SSSR count). The Balaban J connectivity index is 1.54. The average Bonchev–Trinajstić information content (AvgIpc) is 2.75. The first-order valence-electron chi connectivity index (χ1n) is 10.1. The van der Waals surface area contributed by atoms with E-state index in [1.807, 2.05) is 0 Å². The highest BCUT2D eigenvalue weighted by Gasteiger charge is 2.18. The maximum absolute atomic E-state index is 13.6. The van der Waals surface area contributed by atoms with Gasteiger partial charge in [0, 0.05) is 32.4 Å². The van der Waals surface area contributed by atoms with Crippen LogP contribution in [-0.2, 0) is 9.47 Å². The molecule has 156 valence electrons. The van der Waals surface area contributed by atoms with Crippen LogP contribution in [0.1, 0.15) is 42.5 Å². The van der Waals surface area contributed by atoms with E-state index in [1.54, 1.807) is 36.2 Å². The Bertz CT molecular complexity index is 822. The predicted molar refractivity (Wildman–Crippen MR) is 108 cm³/mol. The second-order valence-corrected chi connectivity index (χ2v) is 7.28. The van der Waals surface area contributed by atoms with Crippen molar-refractivity contribution in [3.8, 4) is 11.1 Å². The number of carbonyl (C=O) groups excluding carboxylic acids is 1. The van der Waals surface area contributed by atoms with E-state index in [-0.39, 0.29) is 12.2 Å². The third-order valence-electron chi connectivity index (χ3n) is 5.06. The molecule has 1 amide bonds. The van der Waals surface area contributed by atoms with Gasteiger partial charge in [0.1, 0.15) is 0 Å². The molecule has 1 aliphatic heterocycles. The van der Waals surface area contributed by atoms with Crippen LogP contribution in [-0.4, -0.2) is 43.9 Å². The van der Waals surface area contributed by atoms with Gasteiger partial charge in [0.15, 0.2) is 17.9 Å². The molecular formula is C23H27F2NO3. The van der Waals surface area contributed by atoms with E-state index >= 15 is 0 Å². The molecule has 0 spiro atoms. The molecule has 1 atom stereocenters. The maximum atomic E-state index is 13.6. The highest BCUT2D eigenvalue weighted by molar-refractivity contribution is 6.00. The maximum Gasteiger partial charge on any atom is 0.254 e. The molecule has 1 heterocycles. The molecule has 0 bridgehead atoms. The van der Waals surface area contributed by atoms with Crippen LogP contribution >= 0.6 is 0 Å². The monoisotopic (exact) mass is 403 g/mol. The first-order valence-corrected chi connectivity index (χ1v) is 10.1. The van der Waals surface area contributed by atoms with Crippen LogP contribution in [0.5, 0.6) is 0 Å². The van der Waals surface area contributed by atoms with Crippen molar-refractivity contribution >= 4 is 5.91 Å². The smallest absolute Gasteiger partial charge is 0.254 e. The van der Waals surface area contributed by atoms with Gasteiger partial charge in [-0.3, -0.25) is 4.79 Å². The van der Waals surface area contributed by atoms with Gasteiger partial charge in [-0.1, -0.05) is 24.3 Å². The summed E-state index contributed by atoms with van der Waals surface area (Å²) < 4.78 is 38.1. The molecule has 1 fully saturated rings. The molecule has 0 radical (unpaired) electrons. The Morgan fingerprint density at radius 3 is 2.72 bits per heavy atom. The topological polar surface area (TPSA) is 38.8 Å². The standard InChI is InChI=1S/C23H27F2NO3/c1-26(13-5-7-15-29-22-10-4-6-14-28-22)23(27)19-9-3-2-8-18(19)17-11-12-20(24)21(25)16-17/h2-3,8-9,11-12,16,22H,4-7,10,13-15H2,1H3. The van der Waals surface area contributed by atoms with Crippen LogP contribution in [0, 0.1) is 11.6 Å². The molecular weight excluding hydrogens is 376 g/mol. The van der Waals surface area contributed by atoms with Crippen molar-refractivity contribution in [2.24, 2.45) is 0 Å². The number of amides is 1. The minimum Gasteiger partial charge on any atom is -0.353 e. The second kappa shape index (κ2) is 10.5. The van der Waals surface area contributed by atoms with Crippen LogP contribution in [0.3, 0.4) is 0 Å². The highest BCUT2D eigenvalue weighted by Crippen LogP contribution is 2.26. The Morgan fingerprint density at radius 2 is 1.97 bits per heavy atom. The molecule has 2 aromatic rings. The third kappa shape index (κ3) is 5.84. The third-order valence-corrected chi connectivity index (χ3v) is 5.06. The van der Waals surface area contributed by atoms with Crippen molar-refractivity contribution in [3.05, 3.63) is 59.7 Å². The number of ether oxygens (including phenoxy) is 2. The van der Waals surface area contributed by atoms with Gasteiger partial charge >= 0.3 is 0 Å². The summed E-state index contributed by atoms with van der Waals surface area (Å²) in [7, 11) is 1.75. The van der Waals surface area contributed by atoms with Crippen LogP contribution in [0.2, 0.25) is 0 Å². The lowest BCUT2D eigenvalue weighted by Crippen LogP contribution is -2.28. The van der Waals surface area contributed by atoms with E-state index in [0.717, 1.165) is 50.8 Å². The number of unbranched alkanes of at least 4 members (excludes halogenated alkanes) is 1.